The van der Waals surface area contributed by atoms with Crippen LogP contribution in [0.15, 0.2) is 51.0 Å². The lowest BCUT2D eigenvalue weighted by Gasteiger charge is -1.95. The summed E-state index contributed by atoms with van der Waals surface area (Å²) in [5, 5.41) is 3.79. The van der Waals surface area contributed by atoms with E-state index in [0.29, 0.717) is 5.13 Å². The van der Waals surface area contributed by atoms with Gasteiger partial charge >= 0.3 is 0 Å². The summed E-state index contributed by atoms with van der Waals surface area (Å²) < 4.78 is 3.59. The third kappa shape index (κ3) is 2.27. The number of aromatic nitrogens is 3. The van der Waals surface area contributed by atoms with Crippen molar-refractivity contribution in [1.82, 2.24) is 14.8 Å². The van der Waals surface area contributed by atoms with Crippen molar-refractivity contribution in [1.29, 1.82) is 0 Å². The first kappa shape index (κ1) is 13.0. The van der Waals surface area contributed by atoms with Gasteiger partial charge in [0.2, 0.25) is 5.13 Å². The molecule has 0 amide bonds. The van der Waals surface area contributed by atoms with Crippen LogP contribution in [-0.2, 0) is 0 Å². The molecule has 1 N–H and O–H groups in total. The van der Waals surface area contributed by atoms with Crippen LogP contribution >= 0.6 is 38.6 Å². The molecule has 0 bridgehead atoms. The number of thiophene rings is 1. The minimum atomic E-state index is -0.103. The molecule has 104 valence electrons. The zero-order valence-corrected chi connectivity index (χ0v) is 13.8. The molecule has 0 radical (unpaired) electrons. The number of nitrogens with one attached hydrogen (secondary N) is 1. The second-order valence-electron chi connectivity index (χ2n) is 4.41. The molecule has 4 nitrogen and oxygen atoms in total. The van der Waals surface area contributed by atoms with E-state index in [1.54, 1.807) is 17.4 Å². The Morgan fingerprint density at radius 3 is 2.76 bits per heavy atom. The number of fused-ring (bicyclic) bond motifs is 1. The number of H-pyrrole nitrogens is 1. The molecule has 0 saturated carbocycles. The first-order valence-corrected chi connectivity index (χ1v) is 8.57. The Morgan fingerprint density at radius 2 is 2.00 bits per heavy atom. The van der Waals surface area contributed by atoms with Crippen LogP contribution in [0.2, 0.25) is 0 Å². The normalized spacial score (nSPS) is 11.3. The number of para-hydroxylation sites is 1. The van der Waals surface area contributed by atoms with Gasteiger partial charge in [0, 0.05) is 6.07 Å². The molecule has 3 aromatic heterocycles. The first-order valence-electron chi connectivity index (χ1n) is 6.14. The Balaban J connectivity index is 1.85. The van der Waals surface area contributed by atoms with Crippen molar-refractivity contribution < 1.29 is 0 Å². The van der Waals surface area contributed by atoms with Gasteiger partial charge in [-0.3, -0.25) is 9.89 Å². The van der Waals surface area contributed by atoms with Crippen molar-refractivity contribution in [3.63, 3.8) is 0 Å². The quantitative estimate of drug-likeness (QED) is 0.567. The van der Waals surface area contributed by atoms with E-state index in [0.717, 1.165) is 24.6 Å². The smallest absolute Gasteiger partial charge is 0.273 e. The molecule has 21 heavy (non-hydrogen) atoms. The highest BCUT2D eigenvalue weighted by Gasteiger charge is 2.12. The van der Waals surface area contributed by atoms with Crippen molar-refractivity contribution in [2.75, 3.05) is 0 Å². The molecule has 0 spiro atoms. The molecule has 4 aromatic rings. The largest absolute Gasteiger partial charge is 0.287 e. The first-order chi connectivity index (χ1) is 10.2. The van der Waals surface area contributed by atoms with Crippen molar-refractivity contribution in [2.45, 2.75) is 0 Å². The number of hydrogen-bond donors (Lipinski definition) is 1. The zero-order chi connectivity index (χ0) is 14.4. The lowest BCUT2D eigenvalue weighted by Crippen LogP contribution is -2.12. The minimum Gasteiger partial charge on any atom is -0.287 e. The standard InChI is InChI=1S/C14H8BrN3OS2/c15-12-6-5-11(20-12)9-7-13(19)18(17-9)14-16-8-3-1-2-4-10(8)21-14/h1-7,17H. The van der Waals surface area contributed by atoms with Crippen LogP contribution in [0.4, 0.5) is 0 Å². The van der Waals surface area contributed by atoms with Gasteiger partial charge in [-0.1, -0.05) is 23.5 Å². The van der Waals surface area contributed by atoms with Gasteiger partial charge in [0.05, 0.1) is 24.6 Å². The van der Waals surface area contributed by atoms with Crippen LogP contribution in [0.5, 0.6) is 0 Å². The summed E-state index contributed by atoms with van der Waals surface area (Å²) in [7, 11) is 0. The third-order valence-corrected chi connectivity index (χ3v) is 5.71. The summed E-state index contributed by atoms with van der Waals surface area (Å²) in [6.07, 6.45) is 0. The van der Waals surface area contributed by atoms with E-state index in [4.69, 9.17) is 0 Å². The molecule has 1 aromatic carbocycles. The number of rotatable bonds is 2. The molecule has 0 aliphatic carbocycles. The maximum Gasteiger partial charge on any atom is 0.273 e. The number of benzene rings is 1. The third-order valence-electron chi connectivity index (χ3n) is 3.03. The van der Waals surface area contributed by atoms with E-state index in [1.807, 2.05) is 36.4 Å². The molecule has 7 heteroatoms. The van der Waals surface area contributed by atoms with Crippen LogP contribution < -0.4 is 5.56 Å². The predicted molar refractivity (Wildman–Crippen MR) is 90.6 cm³/mol. The van der Waals surface area contributed by atoms with Crippen LogP contribution in [0.25, 0.3) is 25.9 Å². The maximum atomic E-state index is 12.2. The van der Waals surface area contributed by atoms with Crippen LogP contribution in [0.3, 0.4) is 0 Å². The van der Waals surface area contributed by atoms with E-state index >= 15 is 0 Å². The highest BCUT2D eigenvalue weighted by molar-refractivity contribution is 9.11. The second-order valence-corrected chi connectivity index (χ2v) is 7.88. The lowest BCUT2D eigenvalue weighted by atomic mass is 10.3. The van der Waals surface area contributed by atoms with Gasteiger partial charge in [-0.25, -0.2) is 4.98 Å². The Kier molecular flexibility index (Phi) is 3.06. The molecule has 4 rings (SSSR count). The molecular weight excluding hydrogens is 370 g/mol. The fourth-order valence-electron chi connectivity index (χ4n) is 2.08. The fraction of sp³-hybridized carbons (Fsp3) is 0. The predicted octanol–water partition coefficient (Wildman–Crippen LogP) is 4.27. The fourth-order valence-corrected chi connectivity index (χ4v) is 4.36. The zero-order valence-electron chi connectivity index (χ0n) is 10.5. The maximum absolute atomic E-state index is 12.2. The number of nitrogens with zero attached hydrogens (tertiary/aromatic N) is 2. The van der Waals surface area contributed by atoms with Crippen molar-refractivity contribution >= 4 is 48.8 Å². The summed E-state index contributed by atoms with van der Waals surface area (Å²) in [4.78, 5) is 17.7. The number of thiazole rings is 1. The monoisotopic (exact) mass is 377 g/mol. The molecular formula is C14H8BrN3OS2. The van der Waals surface area contributed by atoms with Gasteiger partial charge in [0.15, 0.2) is 0 Å². The number of halogens is 1. The molecule has 0 unspecified atom stereocenters. The van der Waals surface area contributed by atoms with Gasteiger partial charge in [-0.15, -0.1) is 11.3 Å². The van der Waals surface area contributed by atoms with Gasteiger partial charge in [-0.2, -0.15) is 4.68 Å². The molecule has 0 fully saturated rings. The van der Waals surface area contributed by atoms with Gasteiger partial charge < -0.3 is 0 Å². The Labute approximate surface area is 135 Å². The highest BCUT2D eigenvalue weighted by Crippen LogP contribution is 2.30. The topological polar surface area (TPSA) is 50.7 Å². The highest BCUT2D eigenvalue weighted by atomic mass is 79.9. The van der Waals surface area contributed by atoms with Crippen molar-refractivity contribution in [3.05, 3.63) is 56.6 Å². The summed E-state index contributed by atoms with van der Waals surface area (Å²) in [6, 6.07) is 13.4. The van der Waals surface area contributed by atoms with Crippen LogP contribution in [0, 0.1) is 0 Å². The SMILES string of the molecule is O=c1cc(-c2ccc(Br)s2)[nH]n1-c1nc2ccccc2s1. The van der Waals surface area contributed by atoms with Gasteiger partial charge in [-0.05, 0) is 40.2 Å². The Bertz CT molecular complexity index is 962. The average Bonchev–Trinajstić information content (AvgIpc) is 3.15. The molecule has 0 saturated heterocycles. The molecule has 3 heterocycles. The van der Waals surface area contributed by atoms with Gasteiger partial charge in [0.25, 0.3) is 5.56 Å². The number of hydrogen-bond acceptors (Lipinski definition) is 4. The van der Waals surface area contributed by atoms with E-state index in [9.17, 15) is 4.79 Å². The van der Waals surface area contributed by atoms with E-state index < -0.39 is 0 Å². The average molecular weight is 378 g/mol. The van der Waals surface area contributed by atoms with Gasteiger partial charge in [0.1, 0.15) is 0 Å². The number of aromatic amines is 1. The van der Waals surface area contributed by atoms with E-state index in [2.05, 4.69) is 26.0 Å². The Morgan fingerprint density at radius 1 is 1.14 bits per heavy atom. The van der Waals surface area contributed by atoms with Crippen molar-refractivity contribution in [2.24, 2.45) is 0 Å². The van der Waals surface area contributed by atoms with Crippen LogP contribution in [-0.4, -0.2) is 14.8 Å². The molecule has 0 atom stereocenters. The Hall–Kier alpha value is -1.70. The summed E-state index contributed by atoms with van der Waals surface area (Å²) in [5.41, 5.74) is 1.60. The molecule has 0 aliphatic heterocycles. The van der Waals surface area contributed by atoms with Crippen LogP contribution in [0.1, 0.15) is 0 Å². The molecule has 0 aliphatic rings. The summed E-state index contributed by atoms with van der Waals surface area (Å²) in [5.74, 6) is 0. The van der Waals surface area contributed by atoms with E-state index in [1.165, 1.54) is 16.0 Å². The minimum absolute atomic E-state index is 0.103. The summed E-state index contributed by atoms with van der Waals surface area (Å²) >= 11 is 6.50. The second kappa shape index (κ2) is 4.94. The van der Waals surface area contributed by atoms with Crippen molar-refractivity contribution in [3.8, 4) is 15.7 Å². The summed E-state index contributed by atoms with van der Waals surface area (Å²) in [6.45, 7) is 0. The lowest BCUT2D eigenvalue weighted by molar-refractivity contribution is 0.846. The van der Waals surface area contributed by atoms with E-state index in [-0.39, 0.29) is 5.56 Å².